The Balaban J connectivity index is 1.38. The van der Waals surface area contributed by atoms with Crippen LogP contribution in [0.5, 0.6) is 0 Å². The molecule has 2 aromatic rings. The van der Waals surface area contributed by atoms with Crippen LogP contribution in [0.25, 0.3) is 0 Å². The van der Waals surface area contributed by atoms with Crippen LogP contribution in [0.1, 0.15) is 23.2 Å². The zero-order valence-electron chi connectivity index (χ0n) is 14.8. The van der Waals surface area contributed by atoms with Crippen molar-refractivity contribution in [3.8, 4) is 0 Å². The van der Waals surface area contributed by atoms with Crippen molar-refractivity contribution in [1.29, 1.82) is 0 Å². The third-order valence-corrected chi connectivity index (χ3v) is 5.18. The van der Waals surface area contributed by atoms with Gasteiger partial charge < -0.3 is 14.7 Å². The number of hydrogen-bond acceptors (Lipinski definition) is 4. The van der Waals surface area contributed by atoms with Crippen LogP contribution in [-0.4, -0.2) is 55.1 Å². The van der Waals surface area contributed by atoms with Crippen molar-refractivity contribution < 1.29 is 9.18 Å². The van der Waals surface area contributed by atoms with E-state index in [0.29, 0.717) is 37.4 Å². The maximum atomic E-state index is 13.9. The molecule has 3 heterocycles. The number of carbonyl (C=O) groups is 1. The summed E-state index contributed by atoms with van der Waals surface area (Å²) in [6.07, 6.45) is 4.09. The Bertz CT molecular complexity index is 766. The zero-order chi connectivity index (χ0) is 17.9. The normalized spacial score (nSPS) is 17.7. The number of anilines is 2. The van der Waals surface area contributed by atoms with E-state index >= 15 is 0 Å². The maximum Gasteiger partial charge on any atom is 0.255 e. The van der Waals surface area contributed by atoms with Gasteiger partial charge in [0.05, 0.1) is 11.3 Å². The molecule has 0 radical (unpaired) electrons. The van der Waals surface area contributed by atoms with Crippen molar-refractivity contribution in [3.05, 3.63) is 54.0 Å². The van der Waals surface area contributed by atoms with E-state index in [1.807, 2.05) is 28.0 Å². The molecule has 2 aliphatic heterocycles. The quantitative estimate of drug-likeness (QED) is 0.850. The third-order valence-electron chi connectivity index (χ3n) is 5.18. The first-order valence-electron chi connectivity index (χ1n) is 9.22. The molecule has 0 spiro atoms. The summed E-state index contributed by atoms with van der Waals surface area (Å²) < 4.78 is 13.9. The second-order valence-corrected chi connectivity index (χ2v) is 6.83. The number of aromatic nitrogens is 1. The Morgan fingerprint density at radius 1 is 0.885 bits per heavy atom. The van der Waals surface area contributed by atoms with Crippen LogP contribution in [-0.2, 0) is 0 Å². The first kappa shape index (κ1) is 16.8. The lowest BCUT2D eigenvalue weighted by molar-refractivity contribution is 0.0746. The van der Waals surface area contributed by atoms with E-state index in [9.17, 15) is 9.18 Å². The van der Waals surface area contributed by atoms with E-state index in [1.165, 1.54) is 18.9 Å². The highest BCUT2D eigenvalue weighted by molar-refractivity contribution is 5.94. The van der Waals surface area contributed by atoms with Crippen molar-refractivity contribution in [2.45, 2.75) is 12.8 Å². The summed E-state index contributed by atoms with van der Waals surface area (Å²) in [6.45, 7) is 4.51. The maximum absolute atomic E-state index is 13.9. The highest BCUT2D eigenvalue weighted by Crippen LogP contribution is 2.21. The lowest BCUT2D eigenvalue weighted by Gasteiger charge is -2.36. The highest BCUT2D eigenvalue weighted by Gasteiger charge is 2.24. The molecule has 1 amide bonds. The van der Waals surface area contributed by atoms with Gasteiger partial charge in [-0.05, 0) is 37.1 Å². The van der Waals surface area contributed by atoms with Gasteiger partial charge in [-0.3, -0.25) is 4.79 Å². The standard InChI is InChI=1S/C20H23FN4O/c21-17-5-1-2-6-18(17)23-11-13-25(14-12-23)20(26)16-7-8-19(22-15-16)24-9-3-4-10-24/h1-2,5-8,15H,3-4,9-14H2. The smallest absolute Gasteiger partial charge is 0.255 e. The van der Waals surface area contributed by atoms with Crippen LogP contribution in [0.15, 0.2) is 42.6 Å². The Labute approximate surface area is 153 Å². The van der Waals surface area contributed by atoms with Crippen LogP contribution in [0.4, 0.5) is 15.9 Å². The molecule has 0 saturated carbocycles. The Hall–Kier alpha value is -2.63. The first-order chi connectivity index (χ1) is 12.7. The van der Waals surface area contributed by atoms with Gasteiger partial charge in [-0.25, -0.2) is 9.37 Å². The Kier molecular flexibility index (Phi) is 4.73. The molecular weight excluding hydrogens is 331 g/mol. The number of rotatable bonds is 3. The molecule has 5 nitrogen and oxygen atoms in total. The molecule has 0 N–H and O–H groups in total. The highest BCUT2D eigenvalue weighted by atomic mass is 19.1. The number of pyridine rings is 1. The largest absolute Gasteiger partial charge is 0.366 e. The summed E-state index contributed by atoms with van der Waals surface area (Å²) in [5.74, 6) is 0.732. The molecule has 0 atom stereocenters. The molecule has 136 valence electrons. The number of carbonyl (C=O) groups excluding carboxylic acids is 1. The SMILES string of the molecule is O=C(c1ccc(N2CCCC2)nc1)N1CCN(c2ccccc2F)CC1. The second-order valence-electron chi connectivity index (χ2n) is 6.83. The molecule has 26 heavy (non-hydrogen) atoms. The Morgan fingerprint density at radius 2 is 1.62 bits per heavy atom. The average Bonchev–Trinajstić information content (AvgIpc) is 3.23. The number of halogens is 1. The predicted molar refractivity (Wildman–Crippen MR) is 100 cm³/mol. The van der Waals surface area contributed by atoms with E-state index in [1.54, 1.807) is 18.3 Å². The zero-order valence-corrected chi connectivity index (χ0v) is 14.8. The molecule has 2 aliphatic rings. The van der Waals surface area contributed by atoms with E-state index < -0.39 is 0 Å². The summed E-state index contributed by atoms with van der Waals surface area (Å²) in [4.78, 5) is 23.3. The van der Waals surface area contributed by atoms with Gasteiger partial charge in [-0.2, -0.15) is 0 Å². The molecule has 0 unspecified atom stereocenters. The van der Waals surface area contributed by atoms with Crippen molar-refractivity contribution in [1.82, 2.24) is 9.88 Å². The Morgan fingerprint density at radius 3 is 2.27 bits per heavy atom. The van der Waals surface area contributed by atoms with Gasteiger partial charge in [-0.1, -0.05) is 12.1 Å². The van der Waals surface area contributed by atoms with Gasteiger partial charge in [0.1, 0.15) is 11.6 Å². The van der Waals surface area contributed by atoms with Crippen LogP contribution < -0.4 is 9.80 Å². The number of benzene rings is 1. The number of amides is 1. The van der Waals surface area contributed by atoms with Crippen LogP contribution in [0, 0.1) is 5.82 Å². The van der Waals surface area contributed by atoms with Gasteiger partial charge in [0.25, 0.3) is 5.91 Å². The molecule has 4 rings (SSSR count). The number of para-hydroxylation sites is 1. The summed E-state index contributed by atoms with van der Waals surface area (Å²) in [6, 6.07) is 10.6. The van der Waals surface area contributed by atoms with Gasteiger partial charge >= 0.3 is 0 Å². The van der Waals surface area contributed by atoms with E-state index in [-0.39, 0.29) is 11.7 Å². The van der Waals surface area contributed by atoms with Crippen molar-refractivity contribution in [3.63, 3.8) is 0 Å². The minimum Gasteiger partial charge on any atom is -0.366 e. The van der Waals surface area contributed by atoms with Gasteiger partial charge in [0, 0.05) is 45.5 Å². The van der Waals surface area contributed by atoms with Crippen molar-refractivity contribution in [2.75, 3.05) is 49.1 Å². The van der Waals surface area contributed by atoms with Crippen LogP contribution in [0.3, 0.4) is 0 Å². The minimum absolute atomic E-state index is 0.00124. The van der Waals surface area contributed by atoms with E-state index in [0.717, 1.165) is 18.9 Å². The first-order valence-corrected chi connectivity index (χ1v) is 9.22. The monoisotopic (exact) mass is 354 g/mol. The molecule has 1 aromatic carbocycles. The molecule has 0 bridgehead atoms. The minimum atomic E-state index is -0.214. The van der Waals surface area contributed by atoms with Gasteiger partial charge in [0.2, 0.25) is 0 Å². The van der Waals surface area contributed by atoms with Crippen LogP contribution >= 0.6 is 0 Å². The number of piperazine rings is 1. The molecule has 6 heteroatoms. The molecular formula is C20H23FN4O. The molecule has 2 fully saturated rings. The fourth-order valence-electron chi connectivity index (χ4n) is 3.69. The lowest BCUT2D eigenvalue weighted by Crippen LogP contribution is -2.49. The van der Waals surface area contributed by atoms with E-state index in [4.69, 9.17) is 0 Å². The fraction of sp³-hybridized carbons (Fsp3) is 0.400. The summed E-state index contributed by atoms with van der Waals surface area (Å²) in [5.41, 5.74) is 1.23. The van der Waals surface area contributed by atoms with Gasteiger partial charge in [-0.15, -0.1) is 0 Å². The summed E-state index contributed by atoms with van der Waals surface area (Å²) >= 11 is 0. The number of nitrogens with zero attached hydrogens (tertiary/aromatic N) is 4. The van der Waals surface area contributed by atoms with Gasteiger partial charge in [0.15, 0.2) is 0 Å². The fourth-order valence-corrected chi connectivity index (χ4v) is 3.69. The molecule has 2 saturated heterocycles. The van der Waals surface area contributed by atoms with Crippen LogP contribution in [0.2, 0.25) is 0 Å². The third kappa shape index (κ3) is 3.36. The topological polar surface area (TPSA) is 39.7 Å². The molecule has 1 aromatic heterocycles. The summed E-state index contributed by atoms with van der Waals surface area (Å²) in [7, 11) is 0. The lowest BCUT2D eigenvalue weighted by atomic mass is 10.2. The number of hydrogen-bond donors (Lipinski definition) is 0. The van der Waals surface area contributed by atoms with Crippen molar-refractivity contribution in [2.24, 2.45) is 0 Å². The van der Waals surface area contributed by atoms with E-state index in [2.05, 4.69) is 9.88 Å². The molecule has 0 aliphatic carbocycles. The second kappa shape index (κ2) is 7.32. The predicted octanol–water partition coefficient (Wildman–Crippen LogP) is 2.78. The van der Waals surface area contributed by atoms with Crippen molar-refractivity contribution >= 4 is 17.4 Å². The average molecular weight is 354 g/mol. The summed E-state index contributed by atoms with van der Waals surface area (Å²) in [5, 5.41) is 0.